The van der Waals surface area contributed by atoms with Crippen molar-refractivity contribution in [3.05, 3.63) is 34.2 Å². The minimum atomic E-state index is -0.293. The van der Waals surface area contributed by atoms with Crippen LogP contribution in [0.1, 0.15) is 42.5 Å². The molecule has 1 aromatic rings. The van der Waals surface area contributed by atoms with Crippen LogP contribution in [0, 0.1) is 0 Å². The summed E-state index contributed by atoms with van der Waals surface area (Å²) in [5.74, 6) is -0.250. The van der Waals surface area contributed by atoms with Crippen LogP contribution in [0.15, 0.2) is 23.1 Å². The zero-order valence-electron chi connectivity index (χ0n) is 12.4. The van der Waals surface area contributed by atoms with Crippen molar-refractivity contribution >= 4 is 11.8 Å². The summed E-state index contributed by atoms with van der Waals surface area (Å²) in [6.45, 7) is 0.355. The van der Waals surface area contributed by atoms with E-state index >= 15 is 0 Å². The number of carbonyl (C=O) groups excluding carboxylic acids is 2. The molecule has 0 atom stereocenters. The number of carbonyl (C=O) groups is 2. The smallest absolute Gasteiger partial charge is 0.251 e. The van der Waals surface area contributed by atoms with E-state index < -0.39 is 0 Å². The van der Waals surface area contributed by atoms with Crippen LogP contribution in [-0.4, -0.2) is 35.4 Å². The molecule has 0 aromatic carbocycles. The van der Waals surface area contributed by atoms with E-state index in [0.717, 1.165) is 25.7 Å². The molecule has 7 nitrogen and oxygen atoms in total. The zero-order chi connectivity index (χ0) is 15.9. The fourth-order valence-corrected chi connectivity index (χ4v) is 2.67. The molecule has 0 unspecified atom stereocenters. The highest BCUT2D eigenvalue weighted by atomic mass is 16.2. The molecule has 5 N–H and O–H groups in total. The van der Waals surface area contributed by atoms with Gasteiger partial charge in [-0.15, -0.1) is 0 Å². The first kappa shape index (κ1) is 16.2. The Labute approximate surface area is 128 Å². The highest BCUT2D eigenvalue weighted by molar-refractivity contribution is 5.94. The third-order valence-electron chi connectivity index (χ3n) is 3.84. The molecule has 1 heterocycles. The second-order valence-electron chi connectivity index (χ2n) is 5.57. The van der Waals surface area contributed by atoms with Crippen LogP contribution in [0.3, 0.4) is 0 Å². The lowest BCUT2D eigenvalue weighted by atomic mass is 9.91. The van der Waals surface area contributed by atoms with Gasteiger partial charge in [0.05, 0.1) is 0 Å². The van der Waals surface area contributed by atoms with Crippen molar-refractivity contribution < 1.29 is 9.59 Å². The van der Waals surface area contributed by atoms with Gasteiger partial charge in [0.15, 0.2) is 0 Å². The van der Waals surface area contributed by atoms with Crippen molar-refractivity contribution in [3.8, 4) is 0 Å². The molecule has 7 heteroatoms. The molecular weight excluding hydrogens is 284 g/mol. The Morgan fingerprint density at radius 3 is 2.41 bits per heavy atom. The predicted molar refractivity (Wildman–Crippen MR) is 82.4 cm³/mol. The molecule has 1 aliphatic carbocycles. The summed E-state index contributed by atoms with van der Waals surface area (Å²) in [6.07, 6.45) is 5.08. The van der Waals surface area contributed by atoms with E-state index in [2.05, 4.69) is 15.6 Å². The van der Waals surface area contributed by atoms with Gasteiger partial charge >= 0.3 is 0 Å². The molecule has 1 aliphatic rings. The van der Waals surface area contributed by atoms with Crippen LogP contribution in [0.2, 0.25) is 0 Å². The molecule has 1 aromatic heterocycles. The van der Waals surface area contributed by atoms with Crippen molar-refractivity contribution in [2.75, 3.05) is 6.54 Å². The predicted octanol–water partition coefficient (Wildman–Crippen LogP) is -0.119. The number of nitrogens with one attached hydrogen (secondary N) is 3. The second kappa shape index (κ2) is 7.74. The molecular formula is C15H22N4O3. The minimum absolute atomic E-state index is 0.0153. The summed E-state index contributed by atoms with van der Waals surface area (Å²) in [7, 11) is 0. The standard InChI is InChI=1S/C15H22N4O3/c16-7-5-13(20)18-11-1-3-12(4-2-11)19-15(22)10-6-8-17-14(21)9-10/h6,8-9,11-12H,1-5,7,16H2,(H,17,21)(H,18,20)(H,19,22). The third kappa shape index (κ3) is 4.70. The number of hydrogen-bond acceptors (Lipinski definition) is 4. The van der Waals surface area contributed by atoms with E-state index in [9.17, 15) is 14.4 Å². The maximum Gasteiger partial charge on any atom is 0.251 e. The molecule has 1 saturated carbocycles. The normalized spacial score (nSPS) is 21.1. The van der Waals surface area contributed by atoms with E-state index in [1.54, 1.807) is 6.07 Å². The Bertz CT molecular complexity index is 576. The number of hydrogen-bond donors (Lipinski definition) is 4. The van der Waals surface area contributed by atoms with E-state index in [4.69, 9.17) is 5.73 Å². The number of rotatable bonds is 5. The lowest BCUT2D eigenvalue weighted by Gasteiger charge is -2.29. The van der Waals surface area contributed by atoms with Gasteiger partial charge < -0.3 is 21.4 Å². The molecule has 1 fully saturated rings. The van der Waals surface area contributed by atoms with Crippen molar-refractivity contribution in [3.63, 3.8) is 0 Å². The number of aromatic amines is 1. The van der Waals surface area contributed by atoms with Crippen molar-refractivity contribution in [1.82, 2.24) is 15.6 Å². The molecule has 0 radical (unpaired) electrons. The lowest BCUT2D eigenvalue weighted by molar-refractivity contribution is -0.121. The van der Waals surface area contributed by atoms with E-state index in [0.29, 0.717) is 18.5 Å². The van der Waals surface area contributed by atoms with Crippen LogP contribution >= 0.6 is 0 Å². The van der Waals surface area contributed by atoms with Gasteiger partial charge in [0.2, 0.25) is 11.5 Å². The SMILES string of the molecule is NCCC(=O)NC1CCC(NC(=O)c2cc[nH]c(=O)c2)CC1. The molecule has 120 valence electrons. The monoisotopic (exact) mass is 306 g/mol. The summed E-state index contributed by atoms with van der Waals surface area (Å²) in [4.78, 5) is 37.2. The molecule has 0 aliphatic heterocycles. The molecule has 0 spiro atoms. The quantitative estimate of drug-likeness (QED) is 0.606. The first-order valence-corrected chi connectivity index (χ1v) is 7.57. The number of amides is 2. The average Bonchev–Trinajstić information content (AvgIpc) is 2.49. The number of aromatic nitrogens is 1. The van der Waals surface area contributed by atoms with Crippen molar-refractivity contribution in [2.24, 2.45) is 5.73 Å². The van der Waals surface area contributed by atoms with Gasteiger partial charge in [-0.3, -0.25) is 14.4 Å². The summed E-state index contributed by atoms with van der Waals surface area (Å²) >= 11 is 0. The molecule has 2 amide bonds. The molecule has 2 rings (SSSR count). The van der Waals surface area contributed by atoms with Crippen molar-refractivity contribution in [2.45, 2.75) is 44.2 Å². The van der Waals surface area contributed by atoms with Crippen molar-refractivity contribution in [1.29, 1.82) is 0 Å². The van der Waals surface area contributed by atoms with Gasteiger partial charge in [0, 0.05) is 42.9 Å². The van der Waals surface area contributed by atoms with Gasteiger partial charge in [-0.05, 0) is 31.7 Å². The zero-order valence-corrected chi connectivity index (χ0v) is 12.4. The van der Waals surface area contributed by atoms with Crippen LogP contribution < -0.4 is 21.9 Å². The Hall–Kier alpha value is -2.15. The van der Waals surface area contributed by atoms with E-state index in [1.807, 2.05) is 0 Å². The first-order chi connectivity index (χ1) is 10.6. The van der Waals surface area contributed by atoms with E-state index in [-0.39, 0.29) is 29.5 Å². The highest BCUT2D eigenvalue weighted by Gasteiger charge is 2.23. The number of nitrogens with two attached hydrogens (primary N) is 1. The Morgan fingerprint density at radius 2 is 1.82 bits per heavy atom. The molecule has 0 saturated heterocycles. The third-order valence-corrected chi connectivity index (χ3v) is 3.84. The van der Waals surface area contributed by atoms with Crippen LogP contribution in [-0.2, 0) is 4.79 Å². The highest BCUT2D eigenvalue weighted by Crippen LogP contribution is 2.19. The Morgan fingerprint density at radius 1 is 1.18 bits per heavy atom. The number of pyridine rings is 1. The van der Waals surface area contributed by atoms with Gasteiger partial charge in [0.1, 0.15) is 0 Å². The fourth-order valence-electron chi connectivity index (χ4n) is 2.67. The Kier molecular flexibility index (Phi) is 5.71. The minimum Gasteiger partial charge on any atom is -0.353 e. The second-order valence-corrected chi connectivity index (χ2v) is 5.57. The molecule has 22 heavy (non-hydrogen) atoms. The van der Waals surface area contributed by atoms with Gasteiger partial charge in [-0.1, -0.05) is 0 Å². The first-order valence-electron chi connectivity index (χ1n) is 7.57. The summed E-state index contributed by atoms with van der Waals surface area (Å²) < 4.78 is 0. The summed E-state index contributed by atoms with van der Waals surface area (Å²) in [6, 6.07) is 3.10. The maximum atomic E-state index is 12.1. The fraction of sp³-hybridized carbons (Fsp3) is 0.533. The topological polar surface area (TPSA) is 117 Å². The van der Waals surface area contributed by atoms with Crippen LogP contribution in [0.5, 0.6) is 0 Å². The van der Waals surface area contributed by atoms with Crippen LogP contribution in [0.4, 0.5) is 0 Å². The van der Waals surface area contributed by atoms with Gasteiger partial charge in [0.25, 0.3) is 5.91 Å². The maximum absolute atomic E-state index is 12.1. The largest absolute Gasteiger partial charge is 0.353 e. The lowest BCUT2D eigenvalue weighted by Crippen LogP contribution is -2.44. The Balaban J connectivity index is 1.79. The van der Waals surface area contributed by atoms with Crippen LogP contribution in [0.25, 0.3) is 0 Å². The molecule has 0 bridgehead atoms. The van der Waals surface area contributed by atoms with Gasteiger partial charge in [-0.25, -0.2) is 0 Å². The summed E-state index contributed by atoms with van der Waals surface area (Å²) in [5, 5.41) is 5.89. The average molecular weight is 306 g/mol. The number of H-pyrrole nitrogens is 1. The summed E-state index contributed by atoms with van der Waals surface area (Å²) in [5.41, 5.74) is 5.41. The van der Waals surface area contributed by atoms with E-state index in [1.165, 1.54) is 12.3 Å². The van der Waals surface area contributed by atoms with Gasteiger partial charge in [-0.2, -0.15) is 0 Å².